The lowest BCUT2D eigenvalue weighted by atomic mass is 9.96. The zero-order valence-corrected chi connectivity index (χ0v) is 16.6. The van der Waals surface area contributed by atoms with Crippen LogP contribution in [0.5, 0.6) is 5.75 Å². The van der Waals surface area contributed by atoms with Crippen LogP contribution in [0.4, 0.5) is 0 Å². The summed E-state index contributed by atoms with van der Waals surface area (Å²) in [5.41, 5.74) is 1.51. The first-order valence-corrected chi connectivity index (χ1v) is 10.0. The van der Waals surface area contributed by atoms with Crippen molar-refractivity contribution in [3.05, 3.63) is 64.7 Å². The summed E-state index contributed by atoms with van der Waals surface area (Å²) < 4.78 is 16.8. The van der Waals surface area contributed by atoms with Crippen molar-refractivity contribution in [2.45, 2.75) is 12.5 Å². The third kappa shape index (κ3) is 4.54. The van der Waals surface area contributed by atoms with Crippen LogP contribution in [0.1, 0.15) is 17.2 Å². The molecule has 0 unspecified atom stereocenters. The third-order valence-corrected chi connectivity index (χ3v) is 5.38. The average Bonchev–Trinajstić information content (AvgIpc) is 2.77. The second kappa shape index (κ2) is 8.84. The molecule has 6 nitrogen and oxygen atoms in total. The Balaban J connectivity index is 1.51. The monoisotopic (exact) mass is 415 g/mol. The lowest BCUT2D eigenvalue weighted by molar-refractivity contribution is -0.167. The fraction of sp³-hybridized carbons (Fsp3) is 0.364. The molecule has 29 heavy (non-hydrogen) atoms. The van der Waals surface area contributed by atoms with Crippen molar-refractivity contribution in [1.29, 1.82) is 0 Å². The van der Waals surface area contributed by atoms with Crippen LogP contribution >= 0.6 is 11.6 Å². The zero-order valence-electron chi connectivity index (χ0n) is 15.9. The lowest BCUT2D eigenvalue weighted by Gasteiger charge is -2.31. The molecule has 0 N–H and O–H groups in total. The predicted octanol–water partition coefficient (Wildman–Crippen LogP) is 3.03. The summed E-state index contributed by atoms with van der Waals surface area (Å²) in [5, 5.41) is 0.589. The predicted molar refractivity (Wildman–Crippen MR) is 107 cm³/mol. The van der Waals surface area contributed by atoms with Crippen molar-refractivity contribution >= 4 is 23.5 Å². The Morgan fingerprint density at radius 2 is 1.86 bits per heavy atom. The number of carbonyl (C=O) groups excluding carboxylic acids is 2. The molecule has 2 aliphatic heterocycles. The van der Waals surface area contributed by atoms with Gasteiger partial charge in [0, 0.05) is 23.7 Å². The summed E-state index contributed by atoms with van der Waals surface area (Å²) in [6.07, 6.45) is -0.523. The Hall–Kier alpha value is -2.57. The quantitative estimate of drug-likeness (QED) is 0.718. The van der Waals surface area contributed by atoms with Crippen molar-refractivity contribution in [3.63, 3.8) is 0 Å². The highest BCUT2D eigenvalue weighted by molar-refractivity contribution is 6.30. The van der Waals surface area contributed by atoms with Crippen LogP contribution < -0.4 is 4.74 Å². The highest BCUT2D eigenvalue weighted by atomic mass is 35.5. The number of carbonyl (C=O) groups is 2. The maximum atomic E-state index is 13.1. The highest BCUT2D eigenvalue weighted by Crippen LogP contribution is 2.31. The molecule has 0 saturated carbocycles. The van der Waals surface area contributed by atoms with Crippen LogP contribution in [0.25, 0.3) is 0 Å². The molecule has 0 bridgehead atoms. The summed E-state index contributed by atoms with van der Waals surface area (Å²) in [5.74, 6) is -0.453. The summed E-state index contributed by atoms with van der Waals surface area (Å²) >= 11 is 6.06. The van der Waals surface area contributed by atoms with Crippen LogP contribution in [-0.2, 0) is 25.5 Å². The number of ether oxygens (including phenoxy) is 3. The van der Waals surface area contributed by atoms with Crippen LogP contribution in [0, 0.1) is 5.92 Å². The largest absolute Gasteiger partial charge is 0.492 e. The van der Waals surface area contributed by atoms with E-state index in [2.05, 4.69) is 0 Å². The summed E-state index contributed by atoms with van der Waals surface area (Å²) in [7, 11) is 0. The van der Waals surface area contributed by atoms with Gasteiger partial charge in [-0.3, -0.25) is 9.59 Å². The molecular formula is C22H22ClNO5. The van der Waals surface area contributed by atoms with E-state index >= 15 is 0 Å². The molecule has 0 aliphatic carbocycles. The van der Waals surface area contributed by atoms with Gasteiger partial charge in [-0.15, -0.1) is 0 Å². The Morgan fingerprint density at radius 1 is 1.10 bits per heavy atom. The second-order valence-electron chi connectivity index (χ2n) is 7.13. The van der Waals surface area contributed by atoms with Crippen molar-refractivity contribution in [1.82, 2.24) is 4.90 Å². The smallest absolute Gasteiger partial charge is 0.313 e. The van der Waals surface area contributed by atoms with Gasteiger partial charge in [0.05, 0.1) is 19.1 Å². The van der Waals surface area contributed by atoms with Gasteiger partial charge >= 0.3 is 5.97 Å². The van der Waals surface area contributed by atoms with Gasteiger partial charge in [-0.1, -0.05) is 41.9 Å². The van der Waals surface area contributed by atoms with Crippen molar-refractivity contribution in [3.8, 4) is 5.75 Å². The third-order valence-electron chi connectivity index (χ3n) is 5.15. The summed E-state index contributed by atoms with van der Waals surface area (Å²) in [4.78, 5) is 27.7. The van der Waals surface area contributed by atoms with E-state index < -0.39 is 18.0 Å². The maximum Gasteiger partial charge on any atom is 0.313 e. The van der Waals surface area contributed by atoms with Gasteiger partial charge in [0.1, 0.15) is 12.4 Å². The molecule has 4 rings (SSSR count). The Morgan fingerprint density at radius 3 is 2.62 bits per heavy atom. The standard InChI is InChI=1S/C22H22ClNO5/c23-18-6-7-19-16(13-18)12-17(14-28-19)22(26)29-20(15-4-2-1-3-5-15)21(25)24-8-10-27-11-9-24/h1-7,13,17,20H,8-12,14H2/t17-,20-/m1/s1. The summed E-state index contributed by atoms with van der Waals surface area (Å²) in [6, 6.07) is 14.4. The van der Waals surface area contributed by atoms with E-state index in [4.69, 9.17) is 25.8 Å². The first-order valence-electron chi connectivity index (χ1n) is 9.65. The molecule has 2 aliphatic rings. The SMILES string of the molecule is O=C(O[C@@H](C(=O)N1CCOCC1)c1ccccc1)[C@H]1COc2ccc(Cl)cc2C1. The maximum absolute atomic E-state index is 13.1. The fourth-order valence-electron chi connectivity index (χ4n) is 3.57. The van der Waals surface area contributed by atoms with E-state index in [-0.39, 0.29) is 12.5 Å². The van der Waals surface area contributed by atoms with Crippen molar-refractivity contribution < 1.29 is 23.8 Å². The Labute approximate surface area is 174 Å². The molecule has 0 radical (unpaired) electrons. The number of rotatable bonds is 4. The van der Waals surface area contributed by atoms with E-state index in [1.54, 1.807) is 35.2 Å². The minimum Gasteiger partial charge on any atom is -0.492 e. The molecular weight excluding hydrogens is 394 g/mol. The van der Waals surface area contributed by atoms with Crippen molar-refractivity contribution in [2.75, 3.05) is 32.9 Å². The van der Waals surface area contributed by atoms with Crippen LogP contribution in [0.15, 0.2) is 48.5 Å². The topological polar surface area (TPSA) is 65.1 Å². The van der Waals surface area contributed by atoms with E-state index in [0.29, 0.717) is 43.3 Å². The molecule has 7 heteroatoms. The number of fused-ring (bicyclic) bond motifs is 1. The van der Waals surface area contributed by atoms with Crippen LogP contribution in [0.2, 0.25) is 5.02 Å². The number of morpholine rings is 1. The average molecular weight is 416 g/mol. The number of esters is 1. The second-order valence-corrected chi connectivity index (χ2v) is 7.57. The minimum absolute atomic E-state index is 0.209. The van der Waals surface area contributed by atoms with E-state index in [1.807, 2.05) is 18.2 Å². The normalized spacial score (nSPS) is 19.6. The molecule has 0 aromatic heterocycles. The number of benzene rings is 2. The molecule has 2 aromatic rings. The fourth-order valence-corrected chi connectivity index (χ4v) is 3.76. The van der Waals surface area contributed by atoms with Crippen molar-refractivity contribution in [2.24, 2.45) is 5.92 Å². The molecule has 2 aromatic carbocycles. The number of nitrogens with zero attached hydrogens (tertiary/aromatic N) is 1. The zero-order chi connectivity index (χ0) is 20.2. The van der Waals surface area contributed by atoms with E-state index in [1.165, 1.54) is 0 Å². The van der Waals surface area contributed by atoms with Gasteiger partial charge in [-0.25, -0.2) is 0 Å². The molecule has 2 atom stereocenters. The summed E-state index contributed by atoms with van der Waals surface area (Å²) in [6.45, 7) is 2.14. The molecule has 1 amide bonds. The first kappa shape index (κ1) is 19.7. The van der Waals surface area contributed by atoms with Gasteiger partial charge in [-0.2, -0.15) is 0 Å². The Kier molecular flexibility index (Phi) is 6.02. The molecule has 0 spiro atoms. The first-order chi connectivity index (χ1) is 14.1. The Bertz CT molecular complexity index is 882. The highest BCUT2D eigenvalue weighted by Gasteiger charge is 2.34. The molecule has 1 fully saturated rings. The van der Waals surface area contributed by atoms with Crippen LogP contribution in [0.3, 0.4) is 0 Å². The van der Waals surface area contributed by atoms with Crippen LogP contribution in [-0.4, -0.2) is 49.7 Å². The van der Waals surface area contributed by atoms with Gasteiger partial charge in [0.2, 0.25) is 6.10 Å². The number of hydrogen-bond acceptors (Lipinski definition) is 5. The number of halogens is 1. The van der Waals surface area contributed by atoms with Gasteiger partial charge in [0.25, 0.3) is 5.91 Å². The molecule has 152 valence electrons. The van der Waals surface area contributed by atoms with E-state index in [0.717, 1.165) is 11.3 Å². The van der Waals surface area contributed by atoms with Gasteiger partial charge < -0.3 is 19.1 Å². The molecule has 2 heterocycles. The number of hydrogen-bond donors (Lipinski definition) is 0. The van der Waals surface area contributed by atoms with Gasteiger partial charge in [0.15, 0.2) is 0 Å². The lowest BCUT2D eigenvalue weighted by Crippen LogP contribution is -2.44. The number of amides is 1. The molecule has 1 saturated heterocycles. The van der Waals surface area contributed by atoms with Gasteiger partial charge in [-0.05, 0) is 30.2 Å². The van der Waals surface area contributed by atoms with E-state index in [9.17, 15) is 9.59 Å². The minimum atomic E-state index is -0.984.